The zero-order valence-electron chi connectivity index (χ0n) is 16.3. The number of halogens is 1. The number of likely N-dealkylation sites (tertiary alicyclic amines) is 1. The van der Waals surface area contributed by atoms with Crippen molar-refractivity contribution in [1.82, 2.24) is 10.2 Å². The third kappa shape index (κ3) is 8.29. The Morgan fingerprint density at radius 1 is 1.38 bits per heavy atom. The van der Waals surface area contributed by atoms with E-state index in [2.05, 4.69) is 24.1 Å². The van der Waals surface area contributed by atoms with Crippen LogP contribution in [-0.2, 0) is 6.42 Å². The van der Waals surface area contributed by atoms with Crippen molar-refractivity contribution < 1.29 is 9.52 Å². The largest absolute Gasteiger partial charge is 0.469 e. The predicted molar refractivity (Wildman–Crippen MR) is 118 cm³/mol. The molecule has 0 aromatic carbocycles. The molecule has 1 aromatic heterocycles. The molecule has 2 N–H and O–H groups in total. The molecule has 1 saturated heterocycles. The van der Waals surface area contributed by atoms with Gasteiger partial charge in [0.2, 0.25) is 0 Å². The fraction of sp³-hybridized carbons (Fsp3) is 0.750. The molecule has 150 valence electrons. The molecule has 0 radical (unpaired) electrons. The number of hydrogen-bond acceptors (Lipinski definition) is 3. The second-order valence-electron chi connectivity index (χ2n) is 7.06. The van der Waals surface area contributed by atoms with E-state index in [-0.39, 0.29) is 30.1 Å². The molecule has 6 heteroatoms. The third-order valence-corrected chi connectivity index (χ3v) is 5.04. The summed E-state index contributed by atoms with van der Waals surface area (Å²) in [7, 11) is 0. The highest BCUT2D eigenvalue weighted by Crippen LogP contribution is 2.14. The van der Waals surface area contributed by atoms with Gasteiger partial charge in [-0.1, -0.05) is 33.1 Å². The van der Waals surface area contributed by atoms with Crippen LogP contribution in [0, 0.1) is 5.92 Å². The summed E-state index contributed by atoms with van der Waals surface area (Å²) in [5.41, 5.74) is 0. The molecular formula is C20H36IN3O2. The van der Waals surface area contributed by atoms with Gasteiger partial charge in [-0.15, -0.1) is 24.0 Å². The van der Waals surface area contributed by atoms with Crippen molar-refractivity contribution in [2.24, 2.45) is 10.9 Å². The van der Waals surface area contributed by atoms with Gasteiger partial charge in [0.05, 0.1) is 12.4 Å². The van der Waals surface area contributed by atoms with Crippen LogP contribution < -0.4 is 5.32 Å². The van der Waals surface area contributed by atoms with Gasteiger partial charge in [-0.2, -0.15) is 0 Å². The fourth-order valence-corrected chi connectivity index (χ4v) is 3.23. The summed E-state index contributed by atoms with van der Waals surface area (Å²) in [6, 6.07) is 3.93. The van der Waals surface area contributed by atoms with Gasteiger partial charge in [0, 0.05) is 32.6 Å². The van der Waals surface area contributed by atoms with Crippen LogP contribution in [0.2, 0.25) is 0 Å². The summed E-state index contributed by atoms with van der Waals surface area (Å²) in [5.74, 6) is 2.65. The molecule has 5 nitrogen and oxygen atoms in total. The van der Waals surface area contributed by atoms with Crippen LogP contribution in [0.25, 0.3) is 0 Å². The molecule has 0 bridgehead atoms. The molecule has 1 aliphatic heterocycles. The molecule has 0 amide bonds. The Morgan fingerprint density at radius 2 is 2.15 bits per heavy atom. The Kier molecular flexibility index (Phi) is 12.0. The maximum Gasteiger partial charge on any atom is 0.193 e. The number of hydrogen-bond donors (Lipinski definition) is 2. The number of nitrogens with zero attached hydrogens (tertiary/aromatic N) is 2. The number of guanidine groups is 1. The minimum absolute atomic E-state index is 0. The third-order valence-electron chi connectivity index (χ3n) is 5.04. The van der Waals surface area contributed by atoms with Crippen LogP contribution in [0.3, 0.4) is 0 Å². The Hall–Kier alpha value is -0.760. The zero-order valence-corrected chi connectivity index (χ0v) is 18.7. The minimum atomic E-state index is -0.159. The molecule has 1 aliphatic rings. The molecule has 2 heterocycles. The van der Waals surface area contributed by atoms with E-state index in [0.717, 1.165) is 57.2 Å². The summed E-state index contributed by atoms with van der Waals surface area (Å²) in [6.45, 7) is 7.96. The van der Waals surface area contributed by atoms with Crippen LogP contribution >= 0.6 is 24.0 Å². The molecular weight excluding hydrogens is 441 g/mol. The summed E-state index contributed by atoms with van der Waals surface area (Å²) in [5, 5.41) is 13.3. The monoisotopic (exact) mass is 477 g/mol. The molecule has 26 heavy (non-hydrogen) atoms. The predicted octanol–water partition coefficient (Wildman–Crippen LogP) is 4.06. The minimum Gasteiger partial charge on any atom is -0.469 e. The summed E-state index contributed by atoms with van der Waals surface area (Å²) in [4.78, 5) is 7.23. The van der Waals surface area contributed by atoms with Gasteiger partial charge >= 0.3 is 0 Å². The van der Waals surface area contributed by atoms with Crippen molar-refractivity contribution in [2.75, 3.05) is 26.2 Å². The average molecular weight is 477 g/mol. The van der Waals surface area contributed by atoms with Crippen LogP contribution in [0.1, 0.15) is 58.1 Å². The van der Waals surface area contributed by atoms with Gasteiger partial charge in [-0.05, 0) is 37.3 Å². The number of aliphatic hydroxyl groups is 1. The van der Waals surface area contributed by atoms with E-state index in [0.29, 0.717) is 5.92 Å². The molecule has 2 rings (SSSR count). The molecule has 1 fully saturated rings. The topological polar surface area (TPSA) is 61.0 Å². The average Bonchev–Trinajstić information content (AvgIpc) is 3.14. The van der Waals surface area contributed by atoms with Crippen LogP contribution in [0.5, 0.6) is 0 Å². The van der Waals surface area contributed by atoms with E-state index in [4.69, 9.17) is 9.41 Å². The second-order valence-corrected chi connectivity index (χ2v) is 7.06. The first-order valence-electron chi connectivity index (χ1n) is 9.96. The van der Waals surface area contributed by atoms with Gasteiger partial charge in [-0.3, -0.25) is 4.99 Å². The van der Waals surface area contributed by atoms with Crippen molar-refractivity contribution in [3.63, 3.8) is 0 Å². The van der Waals surface area contributed by atoms with Crippen molar-refractivity contribution in [3.05, 3.63) is 24.2 Å². The van der Waals surface area contributed by atoms with E-state index >= 15 is 0 Å². The lowest BCUT2D eigenvalue weighted by molar-refractivity contribution is 0.108. The molecule has 1 aromatic rings. The Bertz CT molecular complexity index is 485. The highest BCUT2D eigenvalue weighted by Gasteiger charge is 2.20. The quantitative estimate of drug-likeness (QED) is 0.320. The maximum absolute atomic E-state index is 9.76. The SMILES string of the molecule is CCCCC(CC)CN=C(NCCc1ccco1)N1CCC(O)CC1.I. The number of rotatable bonds is 9. The van der Waals surface area contributed by atoms with Crippen LogP contribution in [-0.4, -0.2) is 48.2 Å². The van der Waals surface area contributed by atoms with Crippen molar-refractivity contribution in [2.45, 2.75) is 64.9 Å². The van der Waals surface area contributed by atoms with E-state index in [1.807, 2.05) is 12.1 Å². The zero-order chi connectivity index (χ0) is 17.9. The number of aliphatic imine (C=N–C) groups is 1. The summed E-state index contributed by atoms with van der Waals surface area (Å²) >= 11 is 0. The smallest absolute Gasteiger partial charge is 0.193 e. The van der Waals surface area contributed by atoms with E-state index < -0.39 is 0 Å². The van der Waals surface area contributed by atoms with E-state index in [9.17, 15) is 5.11 Å². The molecule has 0 spiro atoms. The highest BCUT2D eigenvalue weighted by atomic mass is 127. The lowest BCUT2D eigenvalue weighted by Crippen LogP contribution is -2.47. The normalized spacial score (nSPS) is 17.0. The molecule has 0 saturated carbocycles. The standard InChI is InChI=1S/C20H35N3O2.HI/c1-3-5-7-17(4-2)16-22-20(23-13-10-18(24)11-14-23)21-12-9-19-8-6-15-25-19;/h6,8,15,17-18,24H,3-5,7,9-14,16H2,1-2H3,(H,21,22);1H. The number of nitrogens with one attached hydrogen (secondary N) is 1. The van der Waals surface area contributed by atoms with Crippen molar-refractivity contribution >= 4 is 29.9 Å². The first kappa shape index (κ1) is 23.3. The first-order valence-corrected chi connectivity index (χ1v) is 9.96. The second kappa shape index (κ2) is 13.4. The Labute approximate surface area is 175 Å². The highest BCUT2D eigenvalue weighted by molar-refractivity contribution is 14.0. The van der Waals surface area contributed by atoms with Gasteiger partial charge < -0.3 is 19.7 Å². The lowest BCUT2D eigenvalue weighted by Gasteiger charge is -2.32. The van der Waals surface area contributed by atoms with Gasteiger partial charge in [-0.25, -0.2) is 0 Å². The maximum atomic E-state index is 9.76. The Morgan fingerprint density at radius 3 is 2.77 bits per heavy atom. The van der Waals surface area contributed by atoms with Crippen molar-refractivity contribution in [1.29, 1.82) is 0 Å². The molecule has 0 aliphatic carbocycles. The van der Waals surface area contributed by atoms with Gasteiger partial charge in [0.1, 0.15) is 5.76 Å². The number of aliphatic hydroxyl groups excluding tert-OH is 1. The fourth-order valence-electron chi connectivity index (χ4n) is 3.23. The van der Waals surface area contributed by atoms with Crippen LogP contribution in [0.15, 0.2) is 27.8 Å². The molecule has 1 unspecified atom stereocenters. The number of piperidine rings is 1. The first-order chi connectivity index (χ1) is 12.2. The van der Waals surface area contributed by atoms with Gasteiger partial charge in [0.25, 0.3) is 0 Å². The summed E-state index contributed by atoms with van der Waals surface area (Å²) < 4.78 is 5.41. The summed E-state index contributed by atoms with van der Waals surface area (Å²) in [6.07, 6.45) is 9.04. The van der Waals surface area contributed by atoms with Gasteiger partial charge in [0.15, 0.2) is 5.96 Å². The van der Waals surface area contributed by atoms with E-state index in [1.54, 1.807) is 6.26 Å². The lowest BCUT2D eigenvalue weighted by atomic mass is 10.00. The number of furan rings is 1. The number of unbranched alkanes of at least 4 members (excludes halogenated alkanes) is 1. The van der Waals surface area contributed by atoms with Crippen molar-refractivity contribution in [3.8, 4) is 0 Å². The van der Waals surface area contributed by atoms with E-state index in [1.165, 1.54) is 25.7 Å². The molecule has 1 atom stereocenters. The Balaban J connectivity index is 0.00000338. The van der Waals surface area contributed by atoms with Crippen LogP contribution in [0.4, 0.5) is 0 Å².